The summed E-state index contributed by atoms with van der Waals surface area (Å²) < 4.78 is 0. The van der Waals surface area contributed by atoms with E-state index in [0.717, 1.165) is 36.5 Å². The molecule has 2 rings (SSSR count). The second kappa shape index (κ2) is 4.22. The van der Waals surface area contributed by atoms with Gasteiger partial charge in [0.05, 0.1) is 6.10 Å². The van der Waals surface area contributed by atoms with Crippen molar-refractivity contribution in [1.29, 1.82) is 0 Å². The summed E-state index contributed by atoms with van der Waals surface area (Å²) in [6.07, 6.45) is 7.69. The molecule has 0 aromatic rings. The average Bonchev–Trinajstić information content (AvgIpc) is 2.16. The summed E-state index contributed by atoms with van der Waals surface area (Å²) in [4.78, 5) is 0. The lowest BCUT2D eigenvalue weighted by Gasteiger charge is -2.42. The number of hydrogen-bond donors (Lipinski definition) is 1. The van der Waals surface area contributed by atoms with E-state index in [9.17, 15) is 5.11 Å². The number of fused-ring (bicyclic) bond motifs is 1. The molecule has 0 saturated heterocycles. The van der Waals surface area contributed by atoms with Gasteiger partial charge in [0.2, 0.25) is 0 Å². The average molecular weight is 196 g/mol. The van der Waals surface area contributed by atoms with Crippen molar-refractivity contribution in [3.8, 4) is 0 Å². The van der Waals surface area contributed by atoms with Crippen molar-refractivity contribution in [3.05, 3.63) is 0 Å². The third kappa shape index (κ3) is 2.13. The highest BCUT2D eigenvalue weighted by atomic mass is 16.3. The SMILES string of the molecule is CC(C)[C@@H]1CC[C@@H]2C[C@@H](O)CC[C@H]2C1. The number of aliphatic hydroxyl groups is 1. The van der Waals surface area contributed by atoms with Crippen LogP contribution < -0.4 is 0 Å². The van der Waals surface area contributed by atoms with Crippen LogP contribution in [0, 0.1) is 23.7 Å². The van der Waals surface area contributed by atoms with Crippen LogP contribution in [0.5, 0.6) is 0 Å². The minimum Gasteiger partial charge on any atom is -0.393 e. The molecular weight excluding hydrogens is 172 g/mol. The summed E-state index contributed by atoms with van der Waals surface area (Å²) >= 11 is 0. The molecule has 0 amide bonds. The van der Waals surface area contributed by atoms with E-state index >= 15 is 0 Å². The van der Waals surface area contributed by atoms with Crippen LogP contribution in [0.4, 0.5) is 0 Å². The molecular formula is C13H24O. The predicted molar refractivity (Wildman–Crippen MR) is 59.0 cm³/mol. The third-order valence-electron chi connectivity index (χ3n) is 4.57. The van der Waals surface area contributed by atoms with Crippen LogP contribution >= 0.6 is 0 Å². The molecule has 2 fully saturated rings. The monoisotopic (exact) mass is 196 g/mol. The maximum Gasteiger partial charge on any atom is 0.0543 e. The van der Waals surface area contributed by atoms with Crippen LogP contribution in [0.15, 0.2) is 0 Å². The van der Waals surface area contributed by atoms with Crippen LogP contribution in [0.1, 0.15) is 52.4 Å². The Balaban J connectivity index is 1.91. The first-order chi connectivity index (χ1) is 6.66. The Morgan fingerprint density at radius 3 is 2.29 bits per heavy atom. The highest BCUT2D eigenvalue weighted by Gasteiger charge is 2.35. The second-order valence-corrected chi connectivity index (χ2v) is 5.80. The fraction of sp³-hybridized carbons (Fsp3) is 1.00. The van der Waals surface area contributed by atoms with Crippen molar-refractivity contribution in [2.24, 2.45) is 23.7 Å². The Morgan fingerprint density at radius 1 is 0.929 bits per heavy atom. The van der Waals surface area contributed by atoms with Crippen molar-refractivity contribution in [2.45, 2.75) is 58.5 Å². The number of rotatable bonds is 1. The Morgan fingerprint density at radius 2 is 1.57 bits per heavy atom. The molecule has 0 aromatic heterocycles. The molecule has 1 heteroatoms. The Hall–Kier alpha value is -0.0400. The molecule has 0 radical (unpaired) electrons. The molecule has 1 nitrogen and oxygen atoms in total. The molecule has 1 N–H and O–H groups in total. The molecule has 4 atom stereocenters. The van der Waals surface area contributed by atoms with Gasteiger partial charge in [0.25, 0.3) is 0 Å². The van der Waals surface area contributed by atoms with Crippen molar-refractivity contribution in [1.82, 2.24) is 0 Å². The third-order valence-corrected chi connectivity index (χ3v) is 4.57. The van der Waals surface area contributed by atoms with E-state index in [4.69, 9.17) is 0 Å². The summed E-state index contributed by atoms with van der Waals surface area (Å²) in [6.45, 7) is 4.73. The summed E-state index contributed by atoms with van der Waals surface area (Å²) in [5, 5.41) is 9.62. The first-order valence-electron chi connectivity index (χ1n) is 6.35. The zero-order valence-corrected chi connectivity index (χ0v) is 9.58. The standard InChI is InChI=1S/C13H24O/c1-9(2)10-3-4-12-8-13(14)6-5-11(12)7-10/h9-14H,3-8H2,1-2H3/t10-,11+,12-,13+/m1/s1. The molecule has 0 spiro atoms. The second-order valence-electron chi connectivity index (χ2n) is 5.80. The molecule has 0 unspecified atom stereocenters. The topological polar surface area (TPSA) is 20.2 Å². The molecule has 0 aromatic carbocycles. The Bertz CT molecular complexity index is 188. The van der Waals surface area contributed by atoms with Gasteiger partial charge in [-0.2, -0.15) is 0 Å². The van der Waals surface area contributed by atoms with Crippen molar-refractivity contribution in [3.63, 3.8) is 0 Å². The van der Waals surface area contributed by atoms with E-state index in [0.29, 0.717) is 0 Å². The van der Waals surface area contributed by atoms with E-state index in [1.807, 2.05) is 0 Å². The van der Waals surface area contributed by atoms with Crippen LogP contribution in [-0.4, -0.2) is 11.2 Å². The van der Waals surface area contributed by atoms with E-state index in [-0.39, 0.29) is 6.10 Å². The van der Waals surface area contributed by atoms with Crippen LogP contribution in [0.2, 0.25) is 0 Å². The smallest absolute Gasteiger partial charge is 0.0543 e. The van der Waals surface area contributed by atoms with E-state index in [1.165, 1.54) is 25.7 Å². The van der Waals surface area contributed by atoms with Crippen molar-refractivity contribution in [2.75, 3.05) is 0 Å². The molecule has 82 valence electrons. The first kappa shape index (κ1) is 10.5. The van der Waals surface area contributed by atoms with E-state index < -0.39 is 0 Å². The van der Waals surface area contributed by atoms with Crippen molar-refractivity contribution >= 4 is 0 Å². The van der Waals surface area contributed by atoms with Gasteiger partial charge >= 0.3 is 0 Å². The Kier molecular flexibility index (Phi) is 3.16. The molecule has 0 bridgehead atoms. The maximum atomic E-state index is 9.62. The van der Waals surface area contributed by atoms with E-state index in [1.54, 1.807) is 0 Å². The quantitative estimate of drug-likeness (QED) is 0.682. The normalized spacial score (nSPS) is 43.7. The van der Waals surface area contributed by atoms with Gasteiger partial charge < -0.3 is 5.11 Å². The van der Waals surface area contributed by atoms with Crippen molar-refractivity contribution < 1.29 is 5.11 Å². The van der Waals surface area contributed by atoms with Gasteiger partial charge in [0, 0.05) is 0 Å². The predicted octanol–water partition coefficient (Wildman–Crippen LogP) is 3.22. The summed E-state index contributed by atoms with van der Waals surface area (Å²) in [6, 6.07) is 0. The van der Waals surface area contributed by atoms with Gasteiger partial charge in [-0.3, -0.25) is 0 Å². The molecule has 2 saturated carbocycles. The summed E-state index contributed by atoms with van der Waals surface area (Å²) in [5.41, 5.74) is 0. The lowest BCUT2D eigenvalue weighted by atomic mass is 9.65. The molecule has 0 aliphatic heterocycles. The minimum atomic E-state index is 0.0202. The molecule has 2 aliphatic rings. The van der Waals surface area contributed by atoms with Gasteiger partial charge in [0.1, 0.15) is 0 Å². The van der Waals surface area contributed by atoms with Crippen LogP contribution in [-0.2, 0) is 0 Å². The van der Waals surface area contributed by atoms with Gasteiger partial charge in [0.15, 0.2) is 0 Å². The number of hydrogen-bond acceptors (Lipinski definition) is 1. The Labute approximate surface area is 87.9 Å². The fourth-order valence-corrected chi connectivity index (χ4v) is 3.51. The number of aliphatic hydroxyl groups excluding tert-OH is 1. The largest absolute Gasteiger partial charge is 0.393 e. The summed E-state index contributed by atoms with van der Waals surface area (Å²) in [5.74, 6) is 3.63. The highest BCUT2D eigenvalue weighted by Crippen LogP contribution is 2.44. The highest BCUT2D eigenvalue weighted by molar-refractivity contribution is 4.86. The first-order valence-corrected chi connectivity index (χ1v) is 6.35. The van der Waals surface area contributed by atoms with Crippen LogP contribution in [0.3, 0.4) is 0 Å². The van der Waals surface area contributed by atoms with Gasteiger partial charge in [-0.25, -0.2) is 0 Å². The lowest BCUT2D eigenvalue weighted by Crippen LogP contribution is -2.34. The molecule has 14 heavy (non-hydrogen) atoms. The maximum absolute atomic E-state index is 9.62. The zero-order valence-electron chi connectivity index (χ0n) is 9.58. The zero-order chi connectivity index (χ0) is 10.1. The molecule has 2 aliphatic carbocycles. The van der Waals surface area contributed by atoms with E-state index in [2.05, 4.69) is 13.8 Å². The van der Waals surface area contributed by atoms with Gasteiger partial charge in [-0.1, -0.05) is 13.8 Å². The molecule has 0 heterocycles. The minimum absolute atomic E-state index is 0.0202. The fourth-order valence-electron chi connectivity index (χ4n) is 3.51. The van der Waals surface area contributed by atoms with Gasteiger partial charge in [-0.05, 0) is 62.2 Å². The summed E-state index contributed by atoms with van der Waals surface area (Å²) in [7, 11) is 0. The van der Waals surface area contributed by atoms with Gasteiger partial charge in [-0.15, -0.1) is 0 Å². The van der Waals surface area contributed by atoms with Crippen LogP contribution in [0.25, 0.3) is 0 Å². The lowest BCUT2D eigenvalue weighted by molar-refractivity contribution is 0.0282.